The number of fused-ring (bicyclic) bond motifs is 4. The summed E-state index contributed by atoms with van der Waals surface area (Å²) in [6.07, 6.45) is 3.33. The Morgan fingerprint density at radius 1 is 0.426 bits per heavy atom. The average Bonchev–Trinajstić information content (AvgIpc) is 4.26. The number of aromatic hydroxyl groups is 1. The Morgan fingerprint density at radius 3 is 1.37 bits per heavy atom. The molecular weight excluding hydrogens is 841 g/mol. The number of benzene rings is 8. The number of hydrogen-bond acceptors (Lipinski definition) is 10. The fourth-order valence-electron chi connectivity index (χ4n) is 9.19. The molecule has 0 bridgehead atoms. The lowest BCUT2D eigenvalue weighted by atomic mass is 9.97. The molecule has 8 aromatic rings. The van der Waals surface area contributed by atoms with Crippen molar-refractivity contribution >= 4 is 66.4 Å². The third kappa shape index (κ3) is 11.3. The summed E-state index contributed by atoms with van der Waals surface area (Å²) in [5.41, 5.74) is 6.24. The van der Waals surface area contributed by atoms with Gasteiger partial charge in [0.25, 0.3) is 0 Å². The minimum Gasteiger partial charge on any atom is -0.508 e. The minimum atomic E-state index is 0.347. The van der Waals surface area contributed by atoms with Crippen molar-refractivity contribution in [2.75, 3.05) is 59.5 Å². The van der Waals surface area contributed by atoms with Crippen molar-refractivity contribution in [1.82, 2.24) is 21.3 Å². The first-order chi connectivity index (χ1) is 33.5. The zero-order valence-electron chi connectivity index (χ0n) is 39.1. The lowest BCUT2D eigenvalue weighted by Gasteiger charge is -2.12. The molecule has 4 aliphatic heterocycles. The second kappa shape index (κ2) is 22.2. The molecule has 5 N–H and O–H groups in total. The first-order valence-electron chi connectivity index (χ1n) is 23.8. The first kappa shape index (κ1) is 45.4. The number of methoxy groups -OCH3 is 1. The van der Waals surface area contributed by atoms with E-state index < -0.39 is 0 Å². The van der Waals surface area contributed by atoms with E-state index in [0.29, 0.717) is 12.2 Å². The number of phenolic OH excluding ortho intramolecular Hbond substituents is 1. The van der Waals surface area contributed by atoms with Gasteiger partial charge in [-0.15, -0.1) is 0 Å². The molecule has 10 nitrogen and oxygen atoms in total. The number of nitrogens with one attached hydrogen (secondary N) is 4. The van der Waals surface area contributed by atoms with Crippen molar-refractivity contribution < 1.29 is 9.84 Å². The molecule has 4 heterocycles. The molecule has 0 saturated carbocycles. The quantitative estimate of drug-likeness (QED) is 0.0983. The number of phenols is 1. The second-order valence-electron chi connectivity index (χ2n) is 17.2. The van der Waals surface area contributed by atoms with Gasteiger partial charge < -0.3 is 31.1 Å². The fourth-order valence-corrected chi connectivity index (χ4v) is 9.19. The molecular formula is C58H60N8O2. The van der Waals surface area contributed by atoms with Crippen LogP contribution in [0.15, 0.2) is 172 Å². The van der Waals surface area contributed by atoms with Crippen molar-refractivity contribution in [3.8, 4) is 11.5 Å². The number of aryl methyl sites for hydroxylation is 1. The highest BCUT2D eigenvalue weighted by Gasteiger charge is 2.15. The zero-order chi connectivity index (χ0) is 46.5. The van der Waals surface area contributed by atoms with E-state index in [-0.39, 0.29) is 0 Å². The smallest absolute Gasteiger partial charge is 0.123 e. The highest BCUT2D eigenvalue weighted by Crippen LogP contribution is 2.30. The number of nitrogens with zero attached hydrogens (tertiary/aromatic N) is 4. The number of ether oxygens (including phenoxy) is 1. The summed E-state index contributed by atoms with van der Waals surface area (Å²) in [5.74, 6) is 5.56. The Bertz CT molecular complexity index is 3070. The van der Waals surface area contributed by atoms with Crippen LogP contribution >= 0.6 is 0 Å². The predicted octanol–water partition coefficient (Wildman–Crippen LogP) is 9.56. The molecule has 68 heavy (non-hydrogen) atoms. The van der Waals surface area contributed by atoms with Gasteiger partial charge in [0.1, 0.15) is 34.8 Å². The van der Waals surface area contributed by atoms with Gasteiger partial charge in [-0.25, -0.2) is 0 Å². The van der Waals surface area contributed by atoms with Gasteiger partial charge >= 0.3 is 0 Å². The minimum absolute atomic E-state index is 0.347. The molecule has 0 spiro atoms. The highest BCUT2D eigenvalue weighted by molar-refractivity contribution is 5.96. The van der Waals surface area contributed by atoms with Crippen LogP contribution in [0.2, 0.25) is 0 Å². The van der Waals surface area contributed by atoms with Crippen LogP contribution in [-0.2, 0) is 25.7 Å². The summed E-state index contributed by atoms with van der Waals surface area (Å²) in [6.45, 7) is 9.55. The van der Waals surface area contributed by atoms with Crippen LogP contribution in [0, 0.1) is 6.92 Å². The maximum atomic E-state index is 9.99. The molecule has 0 unspecified atom stereocenters. The van der Waals surface area contributed by atoms with Gasteiger partial charge in [-0.2, -0.15) is 0 Å². The van der Waals surface area contributed by atoms with E-state index in [0.717, 1.165) is 117 Å². The van der Waals surface area contributed by atoms with Gasteiger partial charge in [-0.1, -0.05) is 140 Å². The summed E-state index contributed by atoms with van der Waals surface area (Å²) >= 11 is 0. The van der Waals surface area contributed by atoms with E-state index >= 15 is 0 Å². The van der Waals surface area contributed by atoms with Crippen molar-refractivity contribution in [1.29, 1.82) is 0 Å². The summed E-state index contributed by atoms with van der Waals surface area (Å²) in [5, 5.41) is 33.2. The molecule has 344 valence electrons. The summed E-state index contributed by atoms with van der Waals surface area (Å²) in [4.78, 5) is 17.7. The van der Waals surface area contributed by atoms with E-state index in [2.05, 4.69) is 163 Å². The van der Waals surface area contributed by atoms with Crippen LogP contribution in [0.4, 0.5) is 0 Å². The number of amidine groups is 4. The number of rotatable bonds is 9. The SMILES string of the molecule is COc1ccc2ccccc2c1CC1=NCCN1.Cc1ccc2ccccc2c1CC1=NCCN1.Oc1ccc2ccccc2c1CC1=NCCN1.c1ccc2cc(CC3=NCCN3)ccc2c1. The Hall–Kier alpha value is -7.72. The lowest BCUT2D eigenvalue weighted by molar-refractivity contribution is 0.412. The topological polar surface area (TPSA) is 127 Å². The van der Waals surface area contributed by atoms with E-state index in [1.165, 1.54) is 54.6 Å². The molecule has 0 aliphatic carbocycles. The molecule has 4 aliphatic rings. The zero-order valence-corrected chi connectivity index (χ0v) is 39.1. The fraction of sp³-hybridized carbons (Fsp3) is 0.241. The molecule has 0 atom stereocenters. The van der Waals surface area contributed by atoms with E-state index in [1.807, 2.05) is 30.3 Å². The van der Waals surface area contributed by atoms with Gasteiger partial charge in [0.2, 0.25) is 0 Å². The molecule has 0 fully saturated rings. The van der Waals surface area contributed by atoms with E-state index in [9.17, 15) is 5.11 Å². The van der Waals surface area contributed by atoms with Crippen LogP contribution in [0.1, 0.15) is 27.8 Å². The molecule has 0 saturated heterocycles. The van der Waals surface area contributed by atoms with Gasteiger partial charge in [-0.3, -0.25) is 20.0 Å². The molecule has 0 radical (unpaired) electrons. The summed E-state index contributed by atoms with van der Waals surface area (Å²) in [6, 6.07) is 52.4. The molecule has 0 aromatic heterocycles. The second-order valence-corrected chi connectivity index (χ2v) is 17.2. The number of aliphatic imine (C=N–C) groups is 4. The van der Waals surface area contributed by atoms with Gasteiger partial charge in [0, 0.05) is 63.0 Å². The van der Waals surface area contributed by atoms with Crippen molar-refractivity contribution in [2.45, 2.75) is 32.6 Å². The van der Waals surface area contributed by atoms with Gasteiger partial charge in [0.05, 0.1) is 33.3 Å². The van der Waals surface area contributed by atoms with Crippen LogP contribution in [0.5, 0.6) is 11.5 Å². The summed E-state index contributed by atoms with van der Waals surface area (Å²) < 4.78 is 5.48. The third-order valence-corrected chi connectivity index (χ3v) is 12.7. The van der Waals surface area contributed by atoms with Crippen molar-refractivity contribution in [3.63, 3.8) is 0 Å². The molecule has 12 rings (SSSR count). The van der Waals surface area contributed by atoms with Gasteiger partial charge in [-0.05, 0) is 78.8 Å². The van der Waals surface area contributed by atoms with Crippen LogP contribution in [-0.4, -0.2) is 87.9 Å². The average molecular weight is 901 g/mol. The maximum absolute atomic E-state index is 9.99. The number of hydrogen-bond donors (Lipinski definition) is 5. The Labute approximate surface area is 399 Å². The van der Waals surface area contributed by atoms with Crippen LogP contribution in [0.25, 0.3) is 43.1 Å². The van der Waals surface area contributed by atoms with Gasteiger partial charge in [0.15, 0.2) is 0 Å². The monoisotopic (exact) mass is 900 g/mol. The lowest BCUT2D eigenvalue weighted by Crippen LogP contribution is -2.21. The Balaban J connectivity index is 0.000000113. The third-order valence-electron chi connectivity index (χ3n) is 12.7. The first-order valence-corrected chi connectivity index (χ1v) is 23.8. The van der Waals surface area contributed by atoms with Crippen molar-refractivity contribution in [3.05, 3.63) is 179 Å². The van der Waals surface area contributed by atoms with Crippen molar-refractivity contribution in [2.24, 2.45) is 20.0 Å². The molecule has 10 heteroatoms. The van der Waals surface area contributed by atoms with E-state index in [4.69, 9.17) is 4.74 Å². The Morgan fingerprint density at radius 2 is 0.838 bits per heavy atom. The largest absolute Gasteiger partial charge is 0.508 e. The maximum Gasteiger partial charge on any atom is 0.123 e. The normalized spacial score (nSPS) is 14.7. The molecule has 8 aromatic carbocycles. The summed E-state index contributed by atoms with van der Waals surface area (Å²) in [7, 11) is 1.72. The highest BCUT2D eigenvalue weighted by atomic mass is 16.5. The Kier molecular flexibility index (Phi) is 14.8. The molecule has 0 amide bonds. The van der Waals surface area contributed by atoms with Crippen LogP contribution in [0.3, 0.4) is 0 Å². The van der Waals surface area contributed by atoms with E-state index in [1.54, 1.807) is 13.2 Å². The standard InChI is InChI=1S/C15H16N2O.C15H16N2.C14H14N2O.C14H14N2/c1-18-14-7-6-11-4-2-3-5-12(11)13(14)10-15-16-8-9-17-15;1-11-6-7-12-4-2-3-5-13(12)14(11)10-15-16-8-9-17-15;17-13-6-5-10-3-1-2-4-11(10)12(13)9-14-15-7-8-16-14;1-2-4-13-9-11(5-6-12(13)3-1)10-14-15-7-8-16-14/h2-7H,8-10H2,1H3,(H,16,17);2-7H,8-10H2,1H3,(H,16,17);1-6,17H,7-9H2,(H,15,16);1-6,9H,7-8,10H2,(H,15,16). The van der Waals surface area contributed by atoms with Crippen LogP contribution < -0.4 is 26.0 Å². The predicted molar refractivity (Wildman–Crippen MR) is 285 cm³/mol.